The smallest absolute Gasteiger partial charge is 1.00 e. The molecule has 0 aromatic carbocycles. The van der Waals surface area contributed by atoms with Crippen LogP contribution in [-0.4, -0.2) is 27.7 Å². The van der Waals surface area contributed by atoms with E-state index in [-0.39, 0.29) is 46.0 Å². The second kappa shape index (κ2) is 16.2. The number of halogens is 2. The van der Waals surface area contributed by atoms with Gasteiger partial charge in [0, 0.05) is 0 Å². The SMILES string of the molecule is [CH3][Sn+2][CH2]CCCN.[Cl-].[Cl-]. The Hall–Kier alpha value is 1.34. The van der Waals surface area contributed by atoms with Crippen molar-refractivity contribution in [3.05, 3.63) is 0 Å². The molecule has 2 N–H and O–H groups in total. The first-order chi connectivity index (χ1) is 3.41. The van der Waals surface area contributed by atoms with Gasteiger partial charge in [-0.2, -0.15) is 0 Å². The van der Waals surface area contributed by atoms with Crippen LogP contribution < -0.4 is 30.5 Å². The molecule has 0 saturated carbocycles. The fraction of sp³-hybridized carbons (Fsp3) is 1.00. The Morgan fingerprint density at radius 3 is 2.11 bits per heavy atom. The molecule has 0 aliphatic rings. The van der Waals surface area contributed by atoms with E-state index in [4.69, 9.17) is 5.73 Å². The maximum atomic E-state index is 5.29. The van der Waals surface area contributed by atoms with Gasteiger partial charge in [-0.1, -0.05) is 0 Å². The molecule has 56 valence electrons. The van der Waals surface area contributed by atoms with E-state index in [0.717, 1.165) is 6.54 Å². The molecular formula is C5H13Cl2NSn. The predicted octanol–water partition coefficient (Wildman–Crippen LogP) is -5.10. The minimum atomic E-state index is 0. The van der Waals surface area contributed by atoms with Crippen molar-refractivity contribution in [2.75, 3.05) is 6.54 Å². The molecule has 0 amide bonds. The average molecular weight is 277 g/mol. The number of rotatable bonds is 4. The van der Waals surface area contributed by atoms with Crippen molar-refractivity contribution in [2.24, 2.45) is 5.73 Å². The fourth-order valence-electron chi connectivity index (χ4n) is 0.446. The summed E-state index contributed by atoms with van der Waals surface area (Å²) in [4.78, 5) is 2.37. The van der Waals surface area contributed by atoms with Gasteiger partial charge in [0.25, 0.3) is 0 Å². The van der Waals surface area contributed by atoms with E-state index in [1.54, 1.807) is 0 Å². The molecule has 0 aromatic heterocycles. The molecule has 0 spiro atoms. The van der Waals surface area contributed by atoms with Crippen LogP contribution in [0.15, 0.2) is 0 Å². The summed E-state index contributed by atoms with van der Waals surface area (Å²) in [7, 11) is 0. The minimum Gasteiger partial charge on any atom is -1.00 e. The Balaban J connectivity index is -0.000000180. The molecule has 0 saturated heterocycles. The van der Waals surface area contributed by atoms with E-state index >= 15 is 0 Å². The van der Waals surface area contributed by atoms with Gasteiger partial charge in [-0.15, -0.1) is 0 Å². The number of hydrogen-bond donors (Lipinski definition) is 1. The molecule has 9 heavy (non-hydrogen) atoms. The molecule has 0 aliphatic heterocycles. The van der Waals surface area contributed by atoms with Crippen molar-refractivity contribution in [2.45, 2.75) is 22.2 Å². The molecule has 0 atom stereocenters. The topological polar surface area (TPSA) is 26.0 Å². The van der Waals surface area contributed by atoms with E-state index in [2.05, 4.69) is 4.94 Å². The van der Waals surface area contributed by atoms with Gasteiger partial charge in [-0.25, -0.2) is 0 Å². The molecule has 0 aliphatic carbocycles. The van der Waals surface area contributed by atoms with E-state index in [9.17, 15) is 0 Å². The molecule has 0 rings (SSSR count). The third-order valence-corrected chi connectivity index (χ3v) is 3.32. The molecule has 0 radical (unpaired) electrons. The quantitative estimate of drug-likeness (QED) is 0.404. The first kappa shape index (κ1) is 16.7. The monoisotopic (exact) mass is 277 g/mol. The summed E-state index contributed by atoms with van der Waals surface area (Å²) in [5.74, 6) is 0. The van der Waals surface area contributed by atoms with Crippen LogP contribution >= 0.6 is 0 Å². The zero-order valence-electron chi connectivity index (χ0n) is 5.66. The third kappa shape index (κ3) is 17.6. The van der Waals surface area contributed by atoms with Crippen LogP contribution in [0.3, 0.4) is 0 Å². The van der Waals surface area contributed by atoms with Gasteiger partial charge in [0.2, 0.25) is 0 Å². The van der Waals surface area contributed by atoms with Crippen molar-refractivity contribution in [3.8, 4) is 0 Å². The summed E-state index contributed by atoms with van der Waals surface area (Å²) in [5, 5.41) is 0. The molecule has 0 bridgehead atoms. The van der Waals surface area contributed by atoms with Crippen LogP contribution in [0.4, 0.5) is 0 Å². The van der Waals surface area contributed by atoms with Crippen molar-refractivity contribution in [1.29, 1.82) is 0 Å². The summed E-state index contributed by atoms with van der Waals surface area (Å²) in [5.41, 5.74) is 5.29. The fourth-order valence-corrected chi connectivity index (χ4v) is 2.17. The third-order valence-electron chi connectivity index (χ3n) is 0.881. The normalized spacial score (nSPS) is 6.44. The first-order valence-electron chi connectivity index (χ1n) is 2.76. The van der Waals surface area contributed by atoms with Crippen LogP contribution in [0.1, 0.15) is 12.8 Å². The summed E-state index contributed by atoms with van der Waals surface area (Å²) >= 11 is 0.121. The van der Waals surface area contributed by atoms with Crippen LogP contribution in [-0.2, 0) is 0 Å². The summed E-state index contributed by atoms with van der Waals surface area (Å²) < 4.78 is 1.51. The van der Waals surface area contributed by atoms with Gasteiger partial charge < -0.3 is 24.8 Å². The van der Waals surface area contributed by atoms with Gasteiger partial charge in [0.1, 0.15) is 0 Å². The molecule has 0 unspecified atom stereocenters. The number of hydrogen-bond acceptors (Lipinski definition) is 1. The van der Waals surface area contributed by atoms with E-state index in [1.807, 2.05) is 0 Å². The van der Waals surface area contributed by atoms with E-state index < -0.39 is 0 Å². The average Bonchev–Trinajstić information content (AvgIpc) is 1.69. The van der Waals surface area contributed by atoms with Crippen LogP contribution in [0, 0.1) is 0 Å². The van der Waals surface area contributed by atoms with Crippen molar-refractivity contribution in [3.63, 3.8) is 0 Å². The van der Waals surface area contributed by atoms with Gasteiger partial charge in [0.05, 0.1) is 0 Å². The van der Waals surface area contributed by atoms with Crippen molar-refractivity contribution >= 4 is 21.1 Å². The second-order valence-electron chi connectivity index (χ2n) is 1.60. The van der Waals surface area contributed by atoms with Gasteiger partial charge in [-0.3, -0.25) is 0 Å². The Kier molecular flexibility index (Phi) is 30.1. The van der Waals surface area contributed by atoms with Crippen LogP contribution in [0.5, 0.6) is 0 Å². The Labute approximate surface area is 80.2 Å². The predicted molar refractivity (Wildman–Crippen MR) is 34.7 cm³/mol. The second-order valence-corrected chi connectivity index (χ2v) is 5.04. The largest absolute Gasteiger partial charge is 1.00 e. The minimum absolute atomic E-state index is 0. The standard InChI is InChI=1S/C4H10N.CH3.2ClH.Sn/c1-2-3-4-5;;;;/h1-5H2;1H3;2*1H;/q;;;;+2/p-2. The Bertz CT molecular complexity index is 34.1. The van der Waals surface area contributed by atoms with E-state index in [1.165, 1.54) is 17.3 Å². The number of nitrogens with two attached hydrogens (primary N) is 1. The molecule has 1 nitrogen and oxygen atoms in total. The molecular weight excluding hydrogens is 264 g/mol. The van der Waals surface area contributed by atoms with Crippen LogP contribution in [0.2, 0.25) is 9.38 Å². The summed E-state index contributed by atoms with van der Waals surface area (Å²) in [6.07, 6.45) is 2.63. The van der Waals surface area contributed by atoms with Crippen LogP contribution in [0.25, 0.3) is 0 Å². The summed E-state index contributed by atoms with van der Waals surface area (Å²) in [6, 6.07) is 0. The molecule has 0 fully saturated rings. The maximum Gasteiger partial charge on any atom is -1.00 e. The Morgan fingerprint density at radius 2 is 1.78 bits per heavy atom. The number of unbranched alkanes of at least 4 members (excludes halogenated alkanes) is 1. The van der Waals surface area contributed by atoms with Crippen molar-refractivity contribution in [1.82, 2.24) is 0 Å². The zero-order valence-corrected chi connectivity index (χ0v) is 10.0. The molecule has 0 heterocycles. The van der Waals surface area contributed by atoms with E-state index in [0.29, 0.717) is 0 Å². The summed E-state index contributed by atoms with van der Waals surface area (Å²) in [6.45, 7) is 0.888. The van der Waals surface area contributed by atoms with Crippen molar-refractivity contribution < 1.29 is 24.8 Å². The first-order valence-corrected chi connectivity index (χ1v) is 7.63. The molecule has 0 aromatic rings. The van der Waals surface area contributed by atoms with Gasteiger partial charge in [-0.05, 0) is 0 Å². The Morgan fingerprint density at radius 1 is 1.22 bits per heavy atom. The van der Waals surface area contributed by atoms with Gasteiger partial charge >= 0.3 is 55.6 Å². The zero-order chi connectivity index (χ0) is 5.54. The molecule has 4 heteroatoms. The van der Waals surface area contributed by atoms with Gasteiger partial charge in [0.15, 0.2) is 0 Å². The maximum absolute atomic E-state index is 5.29.